The van der Waals surface area contributed by atoms with Gasteiger partial charge >= 0.3 is 0 Å². The maximum Gasteiger partial charge on any atom is 0.0920 e. The Morgan fingerprint density at radius 3 is 2.38 bits per heavy atom. The summed E-state index contributed by atoms with van der Waals surface area (Å²) in [6, 6.07) is 2.05. The molecule has 1 rings (SSSR count). The van der Waals surface area contributed by atoms with Crippen LogP contribution in [0.3, 0.4) is 0 Å². The van der Waals surface area contributed by atoms with E-state index < -0.39 is 0 Å². The number of aliphatic hydroxyl groups excluding tert-OH is 1. The number of halogens is 1. The van der Waals surface area contributed by atoms with Crippen molar-refractivity contribution in [3.05, 3.63) is 19.9 Å². The zero-order valence-corrected chi connectivity index (χ0v) is 11.1. The maximum atomic E-state index is 10.0. The molecule has 1 heterocycles. The lowest BCUT2D eigenvalue weighted by atomic mass is 9.91. The summed E-state index contributed by atoms with van der Waals surface area (Å²) in [4.78, 5) is 1.11. The van der Waals surface area contributed by atoms with Gasteiger partial charge in [-0.25, -0.2) is 0 Å². The molecule has 0 spiro atoms. The van der Waals surface area contributed by atoms with Crippen LogP contribution in [0.5, 0.6) is 0 Å². The van der Waals surface area contributed by atoms with Gasteiger partial charge in [-0.15, -0.1) is 11.3 Å². The fourth-order valence-electron chi connectivity index (χ4n) is 1.12. The number of rotatable bonds is 3. The van der Waals surface area contributed by atoms with Gasteiger partial charge in [0.25, 0.3) is 0 Å². The molecule has 3 heteroatoms. The summed E-state index contributed by atoms with van der Waals surface area (Å²) in [5.74, 6) is 0.847. The molecule has 1 nitrogen and oxygen atoms in total. The predicted octanol–water partition coefficient (Wildman–Crippen LogP) is 3.68. The Labute approximate surface area is 97.3 Å². The second-order valence-corrected chi connectivity index (χ2v) is 5.79. The van der Waals surface area contributed by atoms with Crippen LogP contribution in [0.4, 0.5) is 0 Å². The van der Waals surface area contributed by atoms with E-state index in [1.54, 1.807) is 11.3 Å². The molecule has 2 unspecified atom stereocenters. The van der Waals surface area contributed by atoms with Crippen molar-refractivity contribution in [1.29, 1.82) is 0 Å². The third-order valence-electron chi connectivity index (χ3n) is 2.46. The van der Waals surface area contributed by atoms with Crippen molar-refractivity contribution in [2.24, 2.45) is 11.8 Å². The Kier molecular flexibility index (Phi) is 4.19. The fraction of sp³-hybridized carbons (Fsp3) is 0.600. The number of aliphatic hydroxyl groups is 1. The molecule has 1 aromatic heterocycles. The quantitative estimate of drug-likeness (QED) is 0.845. The van der Waals surface area contributed by atoms with E-state index >= 15 is 0 Å². The van der Waals surface area contributed by atoms with Gasteiger partial charge < -0.3 is 5.11 Å². The molecule has 0 bridgehead atoms. The van der Waals surface area contributed by atoms with Gasteiger partial charge in [0.05, 0.1) is 6.10 Å². The van der Waals surface area contributed by atoms with E-state index in [0.717, 1.165) is 4.88 Å². The lowest BCUT2D eigenvalue weighted by molar-refractivity contribution is 0.0947. The van der Waals surface area contributed by atoms with Crippen molar-refractivity contribution in [2.45, 2.75) is 26.9 Å². The average molecular weight is 310 g/mol. The van der Waals surface area contributed by atoms with E-state index in [1.807, 2.05) is 5.38 Å². The predicted molar refractivity (Wildman–Crippen MR) is 66.0 cm³/mol. The molecule has 0 aliphatic carbocycles. The Balaban J connectivity index is 2.79. The lowest BCUT2D eigenvalue weighted by Gasteiger charge is -2.21. The second kappa shape index (κ2) is 4.75. The normalized spacial score (nSPS) is 16.2. The highest BCUT2D eigenvalue weighted by Crippen LogP contribution is 2.33. The van der Waals surface area contributed by atoms with E-state index in [2.05, 4.69) is 49.4 Å². The first kappa shape index (κ1) is 11.5. The summed E-state index contributed by atoms with van der Waals surface area (Å²) < 4.78 is 1.18. The summed E-state index contributed by atoms with van der Waals surface area (Å²) in [6.45, 7) is 6.40. The van der Waals surface area contributed by atoms with Crippen LogP contribution in [0.25, 0.3) is 0 Å². The largest absolute Gasteiger partial charge is 0.387 e. The summed E-state index contributed by atoms with van der Waals surface area (Å²) in [6.07, 6.45) is -0.299. The third-order valence-corrected chi connectivity index (χ3v) is 4.76. The monoisotopic (exact) mass is 310 g/mol. The Bertz CT molecular complexity index is 270. The first-order valence-electron chi connectivity index (χ1n) is 4.45. The van der Waals surface area contributed by atoms with Crippen molar-refractivity contribution in [2.75, 3.05) is 0 Å². The molecule has 1 N–H and O–H groups in total. The molecular weight excluding hydrogens is 295 g/mol. The zero-order chi connectivity index (χ0) is 10.0. The molecule has 0 aromatic carbocycles. The molecular formula is C10H15IOS. The van der Waals surface area contributed by atoms with Crippen molar-refractivity contribution in [1.82, 2.24) is 0 Å². The van der Waals surface area contributed by atoms with Crippen LogP contribution in [-0.2, 0) is 0 Å². The van der Waals surface area contributed by atoms with Crippen LogP contribution < -0.4 is 0 Å². The molecule has 2 atom stereocenters. The van der Waals surface area contributed by atoms with Crippen molar-refractivity contribution in [3.63, 3.8) is 0 Å². The van der Waals surface area contributed by atoms with Crippen LogP contribution in [0, 0.1) is 15.4 Å². The topological polar surface area (TPSA) is 20.2 Å². The van der Waals surface area contributed by atoms with Crippen molar-refractivity contribution < 1.29 is 5.11 Å². The highest BCUT2D eigenvalue weighted by molar-refractivity contribution is 14.1. The van der Waals surface area contributed by atoms with Gasteiger partial charge in [-0.1, -0.05) is 20.8 Å². The zero-order valence-electron chi connectivity index (χ0n) is 8.12. The summed E-state index contributed by atoms with van der Waals surface area (Å²) in [5, 5.41) is 12.1. The van der Waals surface area contributed by atoms with Crippen LogP contribution in [0.15, 0.2) is 11.4 Å². The van der Waals surface area contributed by atoms with Crippen LogP contribution >= 0.6 is 33.9 Å². The van der Waals surface area contributed by atoms with Gasteiger partial charge in [0.15, 0.2) is 0 Å². The third kappa shape index (κ3) is 2.67. The minimum absolute atomic E-state index is 0.299. The van der Waals surface area contributed by atoms with Gasteiger partial charge in [-0.2, -0.15) is 0 Å². The number of hydrogen-bond donors (Lipinski definition) is 1. The molecule has 0 aliphatic rings. The highest BCUT2D eigenvalue weighted by atomic mass is 127. The molecule has 13 heavy (non-hydrogen) atoms. The molecule has 0 saturated heterocycles. The van der Waals surface area contributed by atoms with Gasteiger partial charge in [0.1, 0.15) is 0 Å². The van der Waals surface area contributed by atoms with Gasteiger partial charge in [0.2, 0.25) is 0 Å². The van der Waals surface area contributed by atoms with Gasteiger partial charge in [0, 0.05) is 8.45 Å². The number of hydrogen-bond acceptors (Lipinski definition) is 2. The van der Waals surface area contributed by atoms with Crippen molar-refractivity contribution >= 4 is 33.9 Å². The molecule has 0 saturated carbocycles. The summed E-state index contributed by atoms with van der Waals surface area (Å²) >= 11 is 3.92. The first-order chi connectivity index (χ1) is 6.04. The van der Waals surface area contributed by atoms with E-state index in [1.165, 1.54) is 3.57 Å². The smallest absolute Gasteiger partial charge is 0.0920 e. The van der Waals surface area contributed by atoms with Gasteiger partial charge in [-0.05, 0) is 45.9 Å². The number of thiophene rings is 1. The van der Waals surface area contributed by atoms with Crippen LogP contribution in [0.2, 0.25) is 0 Å². The minimum Gasteiger partial charge on any atom is -0.387 e. The standard InChI is InChI=1S/C10H15IOS/c1-6(2)7(3)9(12)10-8(11)4-5-13-10/h4-7,9,12H,1-3H3. The molecule has 0 amide bonds. The molecule has 74 valence electrons. The highest BCUT2D eigenvalue weighted by Gasteiger charge is 2.22. The molecule has 1 aromatic rings. The first-order valence-corrected chi connectivity index (χ1v) is 6.40. The van der Waals surface area contributed by atoms with E-state index in [0.29, 0.717) is 11.8 Å². The summed E-state index contributed by atoms with van der Waals surface area (Å²) in [7, 11) is 0. The SMILES string of the molecule is CC(C)C(C)C(O)c1sccc1I. The van der Waals surface area contributed by atoms with Crippen LogP contribution in [-0.4, -0.2) is 5.11 Å². The molecule has 0 aliphatic heterocycles. The average Bonchev–Trinajstić information content (AvgIpc) is 2.48. The fourth-order valence-corrected chi connectivity index (χ4v) is 3.13. The summed E-state index contributed by atoms with van der Waals surface area (Å²) in [5.41, 5.74) is 0. The molecule has 0 fully saturated rings. The Morgan fingerprint density at radius 2 is 2.00 bits per heavy atom. The maximum absolute atomic E-state index is 10.0. The van der Waals surface area contributed by atoms with E-state index in [4.69, 9.17) is 0 Å². The molecule has 0 radical (unpaired) electrons. The van der Waals surface area contributed by atoms with Crippen molar-refractivity contribution in [3.8, 4) is 0 Å². The minimum atomic E-state index is -0.299. The Hall–Kier alpha value is 0.390. The van der Waals surface area contributed by atoms with Crippen LogP contribution in [0.1, 0.15) is 31.8 Å². The second-order valence-electron chi connectivity index (χ2n) is 3.68. The van der Waals surface area contributed by atoms with E-state index in [9.17, 15) is 5.11 Å². The van der Waals surface area contributed by atoms with Gasteiger partial charge in [-0.3, -0.25) is 0 Å². The lowest BCUT2D eigenvalue weighted by Crippen LogP contribution is -2.14. The Morgan fingerprint density at radius 1 is 1.38 bits per heavy atom. The van der Waals surface area contributed by atoms with E-state index in [-0.39, 0.29) is 6.10 Å².